The third-order valence-corrected chi connectivity index (χ3v) is 2.24. The monoisotopic (exact) mass is 214 g/mol. The predicted octanol–water partition coefficient (Wildman–Crippen LogP) is 1.61. The van der Waals surface area contributed by atoms with E-state index in [0.29, 0.717) is 0 Å². The highest BCUT2D eigenvalue weighted by molar-refractivity contribution is 6.30. The van der Waals surface area contributed by atoms with E-state index in [9.17, 15) is 0 Å². The highest BCUT2D eigenvalue weighted by Gasteiger charge is 1.99. The number of quaternary nitrogens is 1. The van der Waals surface area contributed by atoms with Gasteiger partial charge in [-0.25, -0.2) is 0 Å². The molecule has 0 aromatic heterocycles. The van der Waals surface area contributed by atoms with Crippen LogP contribution in [0.2, 0.25) is 5.02 Å². The molecule has 0 fully saturated rings. The predicted molar refractivity (Wildman–Crippen MR) is 59.0 cm³/mol. The SMILES string of the molecule is CC[NH2+]CCOc1ccc(Cl)cc1C. The Bertz CT molecular complexity index is 289. The highest BCUT2D eigenvalue weighted by atomic mass is 35.5. The molecule has 0 atom stereocenters. The minimum absolute atomic E-state index is 0.746. The van der Waals surface area contributed by atoms with Crippen LogP contribution in [-0.4, -0.2) is 19.7 Å². The molecule has 0 spiro atoms. The first-order valence-corrected chi connectivity index (χ1v) is 5.32. The molecule has 78 valence electrons. The number of aryl methyl sites for hydroxylation is 1. The molecule has 0 saturated carbocycles. The fourth-order valence-electron chi connectivity index (χ4n) is 1.23. The van der Waals surface area contributed by atoms with Crippen LogP contribution >= 0.6 is 11.6 Å². The Balaban J connectivity index is 2.42. The zero-order valence-electron chi connectivity index (χ0n) is 8.72. The molecule has 0 unspecified atom stereocenters. The number of rotatable bonds is 5. The smallest absolute Gasteiger partial charge is 0.137 e. The van der Waals surface area contributed by atoms with Gasteiger partial charge in [0.1, 0.15) is 18.9 Å². The Morgan fingerprint density at radius 1 is 1.43 bits per heavy atom. The Morgan fingerprint density at radius 2 is 2.21 bits per heavy atom. The van der Waals surface area contributed by atoms with E-state index in [2.05, 4.69) is 12.2 Å². The fraction of sp³-hybridized carbons (Fsp3) is 0.455. The molecule has 0 aliphatic carbocycles. The van der Waals surface area contributed by atoms with Crippen molar-refractivity contribution in [3.05, 3.63) is 28.8 Å². The lowest BCUT2D eigenvalue weighted by atomic mass is 10.2. The molecule has 0 aliphatic rings. The second-order valence-electron chi connectivity index (χ2n) is 3.24. The maximum Gasteiger partial charge on any atom is 0.137 e. The molecule has 0 aliphatic heterocycles. The van der Waals surface area contributed by atoms with Crippen LogP contribution in [0.15, 0.2) is 18.2 Å². The van der Waals surface area contributed by atoms with Crippen molar-refractivity contribution >= 4 is 11.6 Å². The third kappa shape index (κ3) is 3.56. The van der Waals surface area contributed by atoms with Crippen LogP contribution in [-0.2, 0) is 0 Å². The number of hydrogen-bond donors (Lipinski definition) is 1. The number of nitrogens with two attached hydrogens (primary N) is 1. The van der Waals surface area contributed by atoms with Gasteiger partial charge in [0.25, 0.3) is 0 Å². The second-order valence-corrected chi connectivity index (χ2v) is 3.68. The molecule has 3 heteroatoms. The first-order chi connectivity index (χ1) is 6.74. The molecular weight excluding hydrogens is 198 g/mol. The molecule has 14 heavy (non-hydrogen) atoms. The van der Waals surface area contributed by atoms with E-state index in [1.165, 1.54) is 0 Å². The number of ether oxygens (including phenoxy) is 1. The lowest BCUT2D eigenvalue weighted by molar-refractivity contribution is -0.652. The van der Waals surface area contributed by atoms with Crippen molar-refractivity contribution in [2.24, 2.45) is 0 Å². The van der Waals surface area contributed by atoms with Crippen molar-refractivity contribution in [1.82, 2.24) is 0 Å². The first kappa shape index (κ1) is 11.3. The summed E-state index contributed by atoms with van der Waals surface area (Å²) in [5.41, 5.74) is 1.09. The molecule has 0 bridgehead atoms. The van der Waals surface area contributed by atoms with Gasteiger partial charge in [0, 0.05) is 5.02 Å². The summed E-state index contributed by atoms with van der Waals surface area (Å²) >= 11 is 5.84. The summed E-state index contributed by atoms with van der Waals surface area (Å²) in [6, 6.07) is 5.69. The summed E-state index contributed by atoms with van der Waals surface area (Å²) in [6.07, 6.45) is 0. The van der Waals surface area contributed by atoms with Gasteiger partial charge in [0.2, 0.25) is 0 Å². The largest absolute Gasteiger partial charge is 0.487 e. The van der Waals surface area contributed by atoms with E-state index in [0.717, 1.165) is 36.0 Å². The van der Waals surface area contributed by atoms with Gasteiger partial charge in [-0.15, -0.1) is 0 Å². The van der Waals surface area contributed by atoms with E-state index >= 15 is 0 Å². The zero-order valence-corrected chi connectivity index (χ0v) is 9.47. The van der Waals surface area contributed by atoms with Crippen LogP contribution in [0.3, 0.4) is 0 Å². The molecule has 2 nitrogen and oxygen atoms in total. The molecule has 0 radical (unpaired) electrons. The number of hydrogen-bond acceptors (Lipinski definition) is 1. The van der Waals surface area contributed by atoms with E-state index in [4.69, 9.17) is 16.3 Å². The van der Waals surface area contributed by atoms with Crippen molar-refractivity contribution in [1.29, 1.82) is 0 Å². The van der Waals surface area contributed by atoms with Crippen molar-refractivity contribution < 1.29 is 10.1 Å². The van der Waals surface area contributed by atoms with Crippen LogP contribution < -0.4 is 10.1 Å². The van der Waals surface area contributed by atoms with Crippen LogP contribution in [0.5, 0.6) is 5.75 Å². The van der Waals surface area contributed by atoms with Gasteiger partial charge >= 0.3 is 0 Å². The van der Waals surface area contributed by atoms with Gasteiger partial charge in [0.15, 0.2) is 0 Å². The van der Waals surface area contributed by atoms with E-state index < -0.39 is 0 Å². The summed E-state index contributed by atoms with van der Waals surface area (Å²) in [5, 5.41) is 2.97. The van der Waals surface area contributed by atoms with E-state index in [1.807, 2.05) is 25.1 Å². The van der Waals surface area contributed by atoms with E-state index in [1.54, 1.807) is 0 Å². The Hall–Kier alpha value is -0.730. The quantitative estimate of drug-likeness (QED) is 0.741. The Kier molecular flexibility index (Phi) is 4.77. The molecule has 0 heterocycles. The van der Waals surface area contributed by atoms with Crippen molar-refractivity contribution in [3.63, 3.8) is 0 Å². The maximum absolute atomic E-state index is 5.84. The number of halogens is 1. The summed E-state index contributed by atoms with van der Waals surface area (Å²) in [6.45, 7) is 6.98. The highest BCUT2D eigenvalue weighted by Crippen LogP contribution is 2.21. The average Bonchev–Trinajstić information content (AvgIpc) is 2.15. The minimum Gasteiger partial charge on any atom is -0.487 e. The van der Waals surface area contributed by atoms with Gasteiger partial charge in [-0.3, -0.25) is 0 Å². The zero-order chi connectivity index (χ0) is 10.4. The van der Waals surface area contributed by atoms with E-state index in [-0.39, 0.29) is 0 Å². The summed E-state index contributed by atoms with van der Waals surface area (Å²) < 4.78 is 5.60. The molecule has 0 amide bonds. The van der Waals surface area contributed by atoms with Gasteiger partial charge in [-0.1, -0.05) is 11.6 Å². The van der Waals surface area contributed by atoms with Gasteiger partial charge in [-0.2, -0.15) is 0 Å². The van der Waals surface area contributed by atoms with Crippen LogP contribution in [0, 0.1) is 6.92 Å². The summed E-state index contributed by atoms with van der Waals surface area (Å²) in [7, 11) is 0. The lowest BCUT2D eigenvalue weighted by Gasteiger charge is -2.08. The van der Waals surface area contributed by atoms with Crippen molar-refractivity contribution in [2.45, 2.75) is 13.8 Å². The first-order valence-electron chi connectivity index (χ1n) is 4.94. The molecular formula is C11H17ClNO+. The number of likely N-dealkylation sites (N-methyl/N-ethyl adjacent to an activating group) is 1. The molecule has 2 N–H and O–H groups in total. The Morgan fingerprint density at radius 3 is 2.86 bits per heavy atom. The average molecular weight is 215 g/mol. The second kappa shape index (κ2) is 5.89. The maximum atomic E-state index is 5.84. The van der Waals surface area contributed by atoms with Crippen LogP contribution in [0.4, 0.5) is 0 Å². The molecule has 1 rings (SSSR count). The summed E-state index contributed by atoms with van der Waals surface area (Å²) in [4.78, 5) is 0. The minimum atomic E-state index is 0.746. The normalized spacial score (nSPS) is 10.2. The summed E-state index contributed by atoms with van der Waals surface area (Å²) in [5.74, 6) is 0.930. The molecule has 0 saturated heterocycles. The lowest BCUT2D eigenvalue weighted by Crippen LogP contribution is -2.84. The van der Waals surface area contributed by atoms with Crippen LogP contribution in [0.25, 0.3) is 0 Å². The van der Waals surface area contributed by atoms with Crippen molar-refractivity contribution in [2.75, 3.05) is 19.7 Å². The van der Waals surface area contributed by atoms with Gasteiger partial charge in [-0.05, 0) is 37.6 Å². The Labute approximate surface area is 90.2 Å². The topological polar surface area (TPSA) is 25.8 Å². The standard InChI is InChI=1S/C11H16ClNO/c1-3-13-6-7-14-11-5-4-10(12)8-9(11)2/h4-5,8,13H,3,6-7H2,1-2H3/p+1. The van der Waals surface area contributed by atoms with Gasteiger partial charge < -0.3 is 10.1 Å². The molecule has 1 aromatic rings. The third-order valence-electron chi connectivity index (χ3n) is 2.01. The molecule has 1 aromatic carbocycles. The number of benzene rings is 1. The fourth-order valence-corrected chi connectivity index (χ4v) is 1.46. The van der Waals surface area contributed by atoms with Crippen molar-refractivity contribution in [3.8, 4) is 5.75 Å². The van der Waals surface area contributed by atoms with Gasteiger partial charge in [0.05, 0.1) is 6.54 Å². The van der Waals surface area contributed by atoms with Crippen LogP contribution in [0.1, 0.15) is 12.5 Å².